The maximum Gasteiger partial charge on any atom is 0.261 e. The van der Waals surface area contributed by atoms with Crippen LogP contribution in [0.2, 0.25) is 15.1 Å². The lowest BCUT2D eigenvalue weighted by Crippen LogP contribution is -2.34. The summed E-state index contributed by atoms with van der Waals surface area (Å²) in [7, 11) is 1.37. The second kappa shape index (κ2) is 9.71. The SMILES string of the molecule is COc1c(Cl)cc(Cl)cc1C(=O)NC(=S)Nc1ccc2oc(-c3cc(F)c(F)cc3Cl)nc2c1. The van der Waals surface area contributed by atoms with Gasteiger partial charge >= 0.3 is 0 Å². The number of oxazole rings is 1. The van der Waals surface area contributed by atoms with Crippen LogP contribution in [-0.4, -0.2) is 23.1 Å². The molecule has 3 aromatic carbocycles. The summed E-state index contributed by atoms with van der Waals surface area (Å²) < 4.78 is 37.8. The average molecular weight is 543 g/mol. The van der Waals surface area contributed by atoms with Crippen molar-refractivity contribution in [2.75, 3.05) is 12.4 Å². The number of fused-ring (bicyclic) bond motifs is 1. The van der Waals surface area contributed by atoms with E-state index in [1.165, 1.54) is 19.2 Å². The molecule has 4 aromatic rings. The molecular formula is C22H12Cl3F2N3O3S. The van der Waals surface area contributed by atoms with Crippen LogP contribution in [0.4, 0.5) is 14.5 Å². The number of hydrogen-bond donors (Lipinski definition) is 2. The predicted octanol–water partition coefficient (Wildman–Crippen LogP) is 6.87. The van der Waals surface area contributed by atoms with Crippen LogP contribution in [0.3, 0.4) is 0 Å². The van der Waals surface area contributed by atoms with E-state index in [-0.39, 0.29) is 42.9 Å². The van der Waals surface area contributed by atoms with E-state index in [9.17, 15) is 13.6 Å². The van der Waals surface area contributed by atoms with Gasteiger partial charge in [0.15, 0.2) is 22.3 Å². The summed E-state index contributed by atoms with van der Waals surface area (Å²) in [5, 5.41) is 5.73. The number of anilines is 1. The summed E-state index contributed by atoms with van der Waals surface area (Å²) in [5.74, 6) is -2.58. The third-order valence-electron chi connectivity index (χ3n) is 4.57. The molecule has 0 saturated heterocycles. The monoisotopic (exact) mass is 541 g/mol. The molecule has 2 N–H and O–H groups in total. The molecule has 0 unspecified atom stereocenters. The third kappa shape index (κ3) is 4.92. The van der Waals surface area contributed by atoms with Crippen LogP contribution >= 0.6 is 47.0 Å². The molecule has 0 aliphatic heterocycles. The standard InChI is InChI=1S/C22H12Cl3F2N3O3S/c1-32-19-12(4-9(23)5-14(19)25)20(31)30-22(34)28-10-2-3-18-17(6-10)29-21(33-18)11-7-15(26)16(27)8-13(11)24/h2-8H,1H3,(H2,28,30,31,34). The fourth-order valence-electron chi connectivity index (χ4n) is 3.08. The van der Waals surface area contributed by atoms with Gasteiger partial charge in [-0.25, -0.2) is 13.8 Å². The molecule has 0 radical (unpaired) electrons. The van der Waals surface area contributed by atoms with Crippen LogP contribution in [0.1, 0.15) is 10.4 Å². The average Bonchev–Trinajstić information content (AvgIpc) is 3.18. The molecule has 174 valence electrons. The molecule has 0 aliphatic carbocycles. The first-order chi connectivity index (χ1) is 16.2. The first-order valence-electron chi connectivity index (χ1n) is 9.37. The molecule has 0 spiro atoms. The molecule has 1 heterocycles. The Bertz CT molecular complexity index is 1460. The summed E-state index contributed by atoms with van der Waals surface area (Å²) in [6.45, 7) is 0. The van der Waals surface area contributed by atoms with Crippen molar-refractivity contribution in [2.24, 2.45) is 0 Å². The number of thiocarbonyl (C=S) groups is 1. The Kier molecular flexibility index (Phi) is 6.90. The number of hydrogen-bond acceptors (Lipinski definition) is 5. The Morgan fingerprint density at radius 3 is 2.53 bits per heavy atom. The summed E-state index contributed by atoms with van der Waals surface area (Å²) in [5.41, 5.74) is 1.44. The van der Waals surface area contributed by atoms with Crippen molar-refractivity contribution in [3.8, 4) is 17.2 Å². The van der Waals surface area contributed by atoms with Crippen LogP contribution in [0.5, 0.6) is 5.75 Å². The van der Waals surface area contributed by atoms with Crippen LogP contribution in [0, 0.1) is 11.6 Å². The number of nitrogens with one attached hydrogen (secondary N) is 2. The maximum absolute atomic E-state index is 13.6. The Morgan fingerprint density at radius 1 is 1.06 bits per heavy atom. The van der Waals surface area contributed by atoms with Gasteiger partial charge in [0.2, 0.25) is 5.89 Å². The third-order valence-corrected chi connectivity index (χ3v) is 5.59. The van der Waals surface area contributed by atoms with Crippen LogP contribution in [0.15, 0.2) is 46.9 Å². The molecule has 0 aliphatic rings. The van der Waals surface area contributed by atoms with Gasteiger partial charge in [0.05, 0.1) is 28.3 Å². The van der Waals surface area contributed by atoms with E-state index in [1.54, 1.807) is 18.2 Å². The lowest BCUT2D eigenvalue weighted by atomic mass is 10.2. The van der Waals surface area contributed by atoms with Gasteiger partial charge in [0.25, 0.3) is 5.91 Å². The van der Waals surface area contributed by atoms with E-state index in [0.29, 0.717) is 16.8 Å². The normalized spacial score (nSPS) is 10.9. The van der Waals surface area contributed by atoms with Gasteiger partial charge in [0.1, 0.15) is 11.3 Å². The van der Waals surface area contributed by atoms with Crippen molar-refractivity contribution in [3.63, 3.8) is 0 Å². The van der Waals surface area contributed by atoms with Crippen molar-refractivity contribution in [1.82, 2.24) is 10.3 Å². The summed E-state index contributed by atoms with van der Waals surface area (Å²) in [6.07, 6.45) is 0. The van der Waals surface area contributed by atoms with Crippen molar-refractivity contribution >= 4 is 74.8 Å². The van der Waals surface area contributed by atoms with Gasteiger partial charge in [-0.05, 0) is 54.7 Å². The van der Waals surface area contributed by atoms with E-state index < -0.39 is 17.5 Å². The zero-order chi connectivity index (χ0) is 24.6. The predicted molar refractivity (Wildman–Crippen MR) is 131 cm³/mol. The molecule has 12 heteroatoms. The second-order valence-corrected chi connectivity index (χ2v) is 8.48. The minimum Gasteiger partial charge on any atom is -0.494 e. The van der Waals surface area contributed by atoms with Gasteiger partial charge in [0, 0.05) is 10.7 Å². The lowest BCUT2D eigenvalue weighted by molar-refractivity contribution is 0.0974. The highest BCUT2D eigenvalue weighted by Crippen LogP contribution is 2.33. The Morgan fingerprint density at radius 2 is 1.79 bits per heavy atom. The fourth-order valence-corrected chi connectivity index (χ4v) is 4.09. The molecule has 4 rings (SSSR count). The first kappa shape index (κ1) is 24.2. The van der Waals surface area contributed by atoms with E-state index in [0.717, 1.165) is 12.1 Å². The molecular weight excluding hydrogens is 531 g/mol. The number of benzene rings is 3. The van der Waals surface area contributed by atoms with Gasteiger partial charge in [-0.15, -0.1) is 0 Å². The van der Waals surface area contributed by atoms with Gasteiger partial charge in [-0.1, -0.05) is 34.8 Å². The van der Waals surface area contributed by atoms with Crippen LogP contribution < -0.4 is 15.4 Å². The summed E-state index contributed by atoms with van der Waals surface area (Å²) in [4.78, 5) is 16.9. The fraction of sp³-hybridized carbons (Fsp3) is 0.0455. The number of halogens is 5. The van der Waals surface area contributed by atoms with Crippen LogP contribution in [-0.2, 0) is 0 Å². The smallest absolute Gasteiger partial charge is 0.261 e. The molecule has 0 fully saturated rings. The number of carbonyl (C=O) groups excluding carboxylic acids is 1. The molecule has 0 atom stereocenters. The van der Waals surface area contributed by atoms with Crippen molar-refractivity contribution in [3.05, 3.63) is 74.7 Å². The molecule has 6 nitrogen and oxygen atoms in total. The number of amides is 1. The first-order valence-corrected chi connectivity index (χ1v) is 10.9. The Labute approximate surface area is 211 Å². The van der Waals surface area contributed by atoms with Crippen molar-refractivity contribution in [1.29, 1.82) is 0 Å². The molecule has 0 saturated carbocycles. The minimum absolute atomic E-state index is 0.0110. The van der Waals surface area contributed by atoms with E-state index in [1.807, 2.05) is 0 Å². The second-order valence-electron chi connectivity index (χ2n) is 6.82. The number of methoxy groups -OCH3 is 1. The number of carbonyl (C=O) groups is 1. The molecule has 1 amide bonds. The highest BCUT2D eigenvalue weighted by Gasteiger charge is 2.19. The van der Waals surface area contributed by atoms with E-state index in [2.05, 4.69) is 15.6 Å². The topological polar surface area (TPSA) is 76.4 Å². The number of rotatable bonds is 4. The number of nitrogens with zero attached hydrogens (tertiary/aromatic N) is 1. The van der Waals surface area contributed by atoms with Gasteiger partial charge in [-0.3, -0.25) is 10.1 Å². The zero-order valence-electron chi connectivity index (χ0n) is 17.0. The van der Waals surface area contributed by atoms with Crippen molar-refractivity contribution < 1.29 is 22.7 Å². The Balaban J connectivity index is 1.54. The Hall–Kier alpha value is -2.98. The summed E-state index contributed by atoms with van der Waals surface area (Å²) >= 11 is 23.3. The minimum atomic E-state index is -1.08. The maximum atomic E-state index is 13.6. The van der Waals surface area contributed by atoms with E-state index in [4.69, 9.17) is 56.2 Å². The quantitative estimate of drug-likeness (QED) is 0.217. The molecule has 34 heavy (non-hydrogen) atoms. The number of aromatic nitrogens is 1. The van der Waals surface area contributed by atoms with Crippen LogP contribution in [0.25, 0.3) is 22.6 Å². The van der Waals surface area contributed by atoms with E-state index >= 15 is 0 Å². The highest BCUT2D eigenvalue weighted by atomic mass is 35.5. The van der Waals surface area contributed by atoms with Crippen molar-refractivity contribution in [2.45, 2.75) is 0 Å². The molecule has 0 bridgehead atoms. The van der Waals surface area contributed by atoms with Gasteiger partial charge in [-0.2, -0.15) is 0 Å². The number of ether oxygens (including phenoxy) is 1. The largest absolute Gasteiger partial charge is 0.494 e. The zero-order valence-corrected chi connectivity index (χ0v) is 20.1. The van der Waals surface area contributed by atoms with Gasteiger partial charge < -0.3 is 14.5 Å². The molecule has 1 aromatic heterocycles. The lowest BCUT2D eigenvalue weighted by Gasteiger charge is -2.13. The highest BCUT2D eigenvalue weighted by molar-refractivity contribution is 7.80. The summed E-state index contributed by atoms with van der Waals surface area (Å²) in [6, 6.07) is 9.40.